The van der Waals surface area contributed by atoms with Gasteiger partial charge in [0.05, 0.1) is 41.4 Å². The summed E-state index contributed by atoms with van der Waals surface area (Å²) in [6.45, 7) is 0.0122. The number of sulfone groups is 1. The van der Waals surface area contributed by atoms with Crippen molar-refractivity contribution in [3.05, 3.63) is 96.2 Å². The summed E-state index contributed by atoms with van der Waals surface area (Å²) >= 11 is 0. The van der Waals surface area contributed by atoms with Gasteiger partial charge in [0.25, 0.3) is 5.91 Å². The Labute approximate surface area is 192 Å². The molecule has 0 bridgehead atoms. The Morgan fingerprint density at radius 2 is 1.88 bits per heavy atom. The number of aromatic nitrogens is 1. The maximum Gasteiger partial charge on any atom is 0.255 e. The van der Waals surface area contributed by atoms with Crippen molar-refractivity contribution >= 4 is 21.4 Å². The molecule has 7 nitrogen and oxygen atoms in total. The predicted octanol–water partition coefficient (Wildman–Crippen LogP) is 3.90. The molecule has 0 aliphatic heterocycles. The van der Waals surface area contributed by atoms with Crippen LogP contribution in [-0.2, 0) is 16.4 Å². The molecule has 0 radical (unpaired) electrons. The maximum absolute atomic E-state index is 14.0. The normalized spacial score (nSPS) is 11.4. The van der Waals surface area contributed by atoms with E-state index in [9.17, 15) is 17.6 Å². The van der Waals surface area contributed by atoms with Gasteiger partial charge in [0.2, 0.25) is 0 Å². The molecule has 0 unspecified atom stereocenters. The molecule has 0 saturated carbocycles. The van der Waals surface area contributed by atoms with Crippen LogP contribution in [0, 0.1) is 5.82 Å². The molecule has 0 aliphatic carbocycles. The molecule has 0 spiro atoms. The van der Waals surface area contributed by atoms with E-state index in [0.29, 0.717) is 17.0 Å². The Balaban J connectivity index is 1.73. The van der Waals surface area contributed by atoms with Gasteiger partial charge in [-0.25, -0.2) is 12.8 Å². The van der Waals surface area contributed by atoms with Gasteiger partial charge in [-0.1, -0.05) is 36.4 Å². The molecular weight excluding hydrogens is 445 g/mol. The van der Waals surface area contributed by atoms with E-state index in [2.05, 4.69) is 10.3 Å². The third-order valence-electron chi connectivity index (χ3n) is 4.80. The first-order valence-electron chi connectivity index (χ1n) is 10.0. The Morgan fingerprint density at radius 1 is 1.15 bits per heavy atom. The lowest BCUT2D eigenvalue weighted by Gasteiger charge is -2.19. The van der Waals surface area contributed by atoms with Crippen molar-refractivity contribution in [3.63, 3.8) is 0 Å². The van der Waals surface area contributed by atoms with Gasteiger partial charge in [0.1, 0.15) is 11.6 Å². The van der Waals surface area contributed by atoms with Crippen molar-refractivity contribution in [2.24, 2.45) is 0 Å². The SMILES string of the molecule is COc1cncc(NC=CCS(=O)(=O)c2ccccc2C(=O)N(C)Cc2ccccc2F)c1. The molecule has 1 amide bonds. The first-order chi connectivity index (χ1) is 15.8. The monoisotopic (exact) mass is 469 g/mol. The van der Waals surface area contributed by atoms with Gasteiger partial charge in [0.15, 0.2) is 9.84 Å². The minimum absolute atomic E-state index is 0.0122. The number of ether oxygens (including phenoxy) is 1. The van der Waals surface area contributed by atoms with Crippen LogP contribution in [0.25, 0.3) is 0 Å². The van der Waals surface area contributed by atoms with Gasteiger partial charge in [0, 0.05) is 25.2 Å². The van der Waals surface area contributed by atoms with Crippen LogP contribution in [0.15, 0.2) is 84.2 Å². The maximum atomic E-state index is 14.0. The van der Waals surface area contributed by atoms with Crippen molar-refractivity contribution in [3.8, 4) is 5.75 Å². The highest BCUT2D eigenvalue weighted by Gasteiger charge is 2.23. The average Bonchev–Trinajstić information content (AvgIpc) is 2.83. The van der Waals surface area contributed by atoms with Crippen molar-refractivity contribution in [2.45, 2.75) is 11.4 Å². The summed E-state index contributed by atoms with van der Waals surface area (Å²) in [6, 6.07) is 13.9. The topological polar surface area (TPSA) is 88.6 Å². The number of rotatable bonds is 9. The van der Waals surface area contributed by atoms with Crippen LogP contribution in [0.4, 0.5) is 10.1 Å². The number of benzene rings is 2. The molecule has 0 saturated heterocycles. The second kappa shape index (κ2) is 10.7. The molecule has 1 N–H and O–H groups in total. The van der Waals surface area contributed by atoms with E-state index in [4.69, 9.17) is 4.74 Å². The lowest BCUT2D eigenvalue weighted by molar-refractivity contribution is 0.0780. The third-order valence-corrected chi connectivity index (χ3v) is 6.45. The number of hydrogen-bond donors (Lipinski definition) is 1. The number of methoxy groups -OCH3 is 1. The molecular formula is C24H24FN3O4S. The summed E-state index contributed by atoms with van der Waals surface area (Å²) in [6.07, 6.45) is 6.05. The van der Waals surface area contributed by atoms with Crippen molar-refractivity contribution < 1.29 is 22.3 Å². The summed E-state index contributed by atoms with van der Waals surface area (Å²) in [4.78, 5) is 18.2. The summed E-state index contributed by atoms with van der Waals surface area (Å²) in [5.41, 5.74) is 1.01. The lowest BCUT2D eigenvalue weighted by atomic mass is 10.1. The summed E-state index contributed by atoms with van der Waals surface area (Å²) in [5.74, 6) is -0.699. The van der Waals surface area contributed by atoms with Gasteiger partial charge < -0.3 is 15.0 Å². The van der Waals surface area contributed by atoms with Crippen LogP contribution >= 0.6 is 0 Å². The van der Waals surface area contributed by atoms with Crippen LogP contribution in [-0.4, -0.2) is 44.1 Å². The number of pyridine rings is 1. The average molecular weight is 470 g/mol. The minimum Gasteiger partial charge on any atom is -0.495 e. The molecule has 172 valence electrons. The summed E-state index contributed by atoms with van der Waals surface area (Å²) < 4.78 is 45.0. The molecule has 0 aliphatic rings. The number of nitrogens with zero attached hydrogens (tertiary/aromatic N) is 2. The molecule has 9 heteroatoms. The van der Waals surface area contributed by atoms with Crippen LogP contribution in [0.3, 0.4) is 0 Å². The lowest BCUT2D eigenvalue weighted by Crippen LogP contribution is -2.28. The number of carbonyl (C=O) groups excluding carboxylic acids is 1. The highest BCUT2D eigenvalue weighted by Crippen LogP contribution is 2.20. The number of carbonyl (C=O) groups is 1. The number of nitrogens with one attached hydrogen (secondary N) is 1. The standard InChI is InChI=1S/C24H24FN3O4S/c1-28(17-18-8-3-5-10-22(18)25)24(29)21-9-4-6-11-23(21)33(30,31)13-7-12-27-19-14-20(32-2)16-26-15-19/h3-12,14-16,27H,13,17H2,1-2H3. The van der Waals surface area contributed by atoms with Crippen LogP contribution in [0.5, 0.6) is 5.75 Å². The Morgan fingerprint density at radius 3 is 2.64 bits per heavy atom. The van der Waals surface area contributed by atoms with E-state index in [1.807, 2.05) is 0 Å². The van der Waals surface area contributed by atoms with Gasteiger partial charge in [-0.2, -0.15) is 0 Å². The van der Waals surface area contributed by atoms with Crippen LogP contribution in [0.2, 0.25) is 0 Å². The van der Waals surface area contributed by atoms with E-state index >= 15 is 0 Å². The van der Waals surface area contributed by atoms with E-state index in [-0.39, 0.29) is 22.8 Å². The third kappa shape index (κ3) is 6.17. The minimum atomic E-state index is -3.81. The quantitative estimate of drug-likeness (QED) is 0.511. The Kier molecular flexibility index (Phi) is 7.78. The molecule has 0 fully saturated rings. The Hall–Kier alpha value is -3.72. The zero-order valence-corrected chi connectivity index (χ0v) is 19.0. The van der Waals surface area contributed by atoms with Crippen molar-refractivity contribution in [1.82, 2.24) is 9.88 Å². The fourth-order valence-corrected chi connectivity index (χ4v) is 4.41. The largest absolute Gasteiger partial charge is 0.495 e. The fourth-order valence-electron chi connectivity index (χ4n) is 3.10. The number of halogens is 1. The highest BCUT2D eigenvalue weighted by molar-refractivity contribution is 7.91. The number of amides is 1. The van der Waals surface area contributed by atoms with Crippen LogP contribution in [0.1, 0.15) is 15.9 Å². The predicted molar refractivity (Wildman–Crippen MR) is 124 cm³/mol. The number of anilines is 1. The first-order valence-corrected chi connectivity index (χ1v) is 11.7. The van der Waals surface area contributed by atoms with E-state index in [0.717, 1.165) is 0 Å². The molecule has 33 heavy (non-hydrogen) atoms. The van der Waals surface area contributed by atoms with E-state index < -0.39 is 21.6 Å². The van der Waals surface area contributed by atoms with Gasteiger partial charge in [-0.15, -0.1) is 0 Å². The second-order valence-corrected chi connectivity index (χ2v) is 9.19. The van der Waals surface area contributed by atoms with Gasteiger partial charge >= 0.3 is 0 Å². The molecule has 1 aromatic heterocycles. The summed E-state index contributed by atoms with van der Waals surface area (Å²) in [7, 11) is -0.779. The fraction of sp³-hybridized carbons (Fsp3) is 0.167. The highest BCUT2D eigenvalue weighted by atomic mass is 32.2. The zero-order valence-electron chi connectivity index (χ0n) is 18.2. The Bertz CT molecular complexity index is 1260. The van der Waals surface area contributed by atoms with Crippen LogP contribution < -0.4 is 10.1 Å². The molecule has 1 heterocycles. The zero-order chi connectivity index (χ0) is 23.8. The smallest absolute Gasteiger partial charge is 0.255 e. The molecule has 3 rings (SSSR count). The van der Waals surface area contributed by atoms with Gasteiger partial charge in [-0.05, 0) is 24.4 Å². The van der Waals surface area contributed by atoms with Crippen molar-refractivity contribution in [2.75, 3.05) is 25.2 Å². The number of hydrogen-bond acceptors (Lipinski definition) is 6. The summed E-state index contributed by atoms with van der Waals surface area (Å²) in [5, 5.41) is 2.93. The first kappa shape index (κ1) is 23.9. The van der Waals surface area contributed by atoms with E-state index in [1.165, 1.54) is 49.5 Å². The molecule has 2 aromatic carbocycles. The van der Waals surface area contributed by atoms with Crippen molar-refractivity contribution in [1.29, 1.82) is 0 Å². The second-order valence-electron chi connectivity index (χ2n) is 7.19. The van der Waals surface area contributed by atoms with E-state index in [1.54, 1.807) is 48.8 Å². The molecule has 0 atom stereocenters. The molecule has 3 aromatic rings. The van der Waals surface area contributed by atoms with Gasteiger partial charge in [-0.3, -0.25) is 9.78 Å².